The summed E-state index contributed by atoms with van der Waals surface area (Å²) < 4.78 is 47.3. The standard InChI is InChI=1S/C31H30F3N7O2/c1-20(21-7-4-3-5-8-21)41-29(36-37-38-41)28(26-18-22-17-25(43-2)11-12-27(22)35-30(26)42)40-15-13-39(14-16-40)24-10-6-9-23(19-24)31(32,33)34/h3-12,17-20,28H,13-16H2,1-2H3,(H,35,42). The highest BCUT2D eigenvalue weighted by Gasteiger charge is 2.35. The number of aromatic nitrogens is 5. The zero-order valence-corrected chi connectivity index (χ0v) is 23.6. The van der Waals surface area contributed by atoms with Crippen LogP contribution in [-0.2, 0) is 6.18 Å². The van der Waals surface area contributed by atoms with E-state index in [2.05, 4.69) is 25.4 Å². The van der Waals surface area contributed by atoms with E-state index in [4.69, 9.17) is 4.74 Å². The number of anilines is 1. The van der Waals surface area contributed by atoms with E-state index in [1.807, 2.05) is 54.3 Å². The molecule has 1 aliphatic rings. The molecule has 12 heteroatoms. The third kappa shape index (κ3) is 5.70. The van der Waals surface area contributed by atoms with Gasteiger partial charge in [-0.05, 0) is 65.4 Å². The van der Waals surface area contributed by atoms with E-state index in [0.717, 1.165) is 17.0 Å². The fraction of sp³-hybridized carbons (Fsp3) is 0.290. The molecule has 9 nitrogen and oxygen atoms in total. The number of fused-ring (bicyclic) bond motifs is 1. The molecule has 1 fully saturated rings. The number of aromatic amines is 1. The summed E-state index contributed by atoms with van der Waals surface area (Å²) in [7, 11) is 1.58. The van der Waals surface area contributed by atoms with Gasteiger partial charge in [-0.2, -0.15) is 13.2 Å². The molecule has 0 spiro atoms. The van der Waals surface area contributed by atoms with Crippen molar-refractivity contribution in [3.8, 4) is 5.75 Å². The highest BCUT2D eigenvalue weighted by molar-refractivity contribution is 5.80. The first kappa shape index (κ1) is 28.4. The molecule has 0 saturated carbocycles. The summed E-state index contributed by atoms with van der Waals surface area (Å²) in [4.78, 5) is 20.7. The minimum Gasteiger partial charge on any atom is -0.497 e. The molecule has 2 atom stereocenters. The molecule has 2 unspecified atom stereocenters. The number of piperazine rings is 1. The van der Waals surface area contributed by atoms with Crippen LogP contribution in [0.15, 0.2) is 83.7 Å². The Hall–Kier alpha value is -4.71. The number of nitrogens with one attached hydrogen (secondary N) is 1. The van der Waals surface area contributed by atoms with E-state index in [1.165, 1.54) is 12.1 Å². The van der Waals surface area contributed by atoms with Gasteiger partial charge >= 0.3 is 6.18 Å². The van der Waals surface area contributed by atoms with E-state index in [0.29, 0.717) is 54.5 Å². The highest BCUT2D eigenvalue weighted by Crippen LogP contribution is 2.34. The first-order valence-electron chi connectivity index (χ1n) is 13.9. The number of alkyl halides is 3. The predicted molar refractivity (Wildman–Crippen MR) is 156 cm³/mol. The van der Waals surface area contributed by atoms with Crippen LogP contribution in [0.3, 0.4) is 0 Å². The number of ether oxygens (including phenoxy) is 1. The highest BCUT2D eigenvalue weighted by atomic mass is 19.4. The Balaban J connectivity index is 1.39. The average molecular weight is 590 g/mol. The van der Waals surface area contributed by atoms with Crippen LogP contribution in [-0.4, -0.2) is 63.4 Å². The molecule has 43 heavy (non-hydrogen) atoms. The number of rotatable bonds is 7. The number of hydrogen-bond acceptors (Lipinski definition) is 7. The van der Waals surface area contributed by atoms with Crippen LogP contribution in [0, 0.1) is 0 Å². The van der Waals surface area contributed by atoms with Gasteiger partial charge < -0.3 is 14.6 Å². The number of H-pyrrole nitrogens is 1. The Morgan fingerprint density at radius 3 is 2.42 bits per heavy atom. The molecule has 1 N–H and O–H groups in total. The molecule has 3 aromatic carbocycles. The van der Waals surface area contributed by atoms with Crippen LogP contribution >= 0.6 is 0 Å². The van der Waals surface area contributed by atoms with Gasteiger partial charge in [-0.3, -0.25) is 9.69 Å². The van der Waals surface area contributed by atoms with Crippen LogP contribution in [0.5, 0.6) is 5.75 Å². The van der Waals surface area contributed by atoms with Crippen molar-refractivity contribution in [2.75, 3.05) is 38.2 Å². The third-order valence-electron chi connectivity index (χ3n) is 8.00. The Bertz CT molecular complexity index is 1780. The molecule has 1 saturated heterocycles. The molecule has 2 aromatic heterocycles. The number of nitrogens with zero attached hydrogens (tertiary/aromatic N) is 6. The second-order valence-electron chi connectivity index (χ2n) is 10.5. The molecular weight excluding hydrogens is 559 g/mol. The summed E-state index contributed by atoms with van der Waals surface area (Å²) in [6.45, 7) is 3.82. The largest absolute Gasteiger partial charge is 0.497 e. The number of tetrazole rings is 1. The van der Waals surface area contributed by atoms with Crippen molar-refractivity contribution in [1.82, 2.24) is 30.1 Å². The van der Waals surface area contributed by atoms with Crippen LogP contribution in [0.2, 0.25) is 0 Å². The van der Waals surface area contributed by atoms with E-state index in [9.17, 15) is 18.0 Å². The lowest BCUT2D eigenvalue weighted by Gasteiger charge is -2.40. The fourth-order valence-electron chi connectivity index (χ4n) is 5.68. The zero-order valence-electron chi connectivity index (χ0n) is 23.6. The number of hydrogen-bond donors (Lipinski definition) is 1. The molecule has 222 valence electrons. The molecule has 5 aromatic rings. The molecule has 0 amide bonds. The lowest BCUT2D eigenvalue weighted by Crippen LogP contribution is -2.49. The van der Waals surface area contributed by atoms with E-state index in [1.54, 1.807) is 30.0 Å². The van der Waals surface area contributed by atoms with Crippen molar-refractivity contribution in [2.45, 2.75) is 25.2 Å². The van der Waals surface area contributed by atoms with Gasteiger partial charge in [0.05, 0.1) is 18.7 Å². The van der Waals surface area contributed by atoms with Crippen LogP contribution in [0.1, 0.15) is 41.5 Å². The molecule has 6 rings (SSSR count). The lowest BCUT2D eigenvalue weighted by atomic mass is 10.0. The van der Waals surface area contributed by atoms with Gasteiger partial charge in [0, 0.05) is 48.3 Å². The van der Waals surface area contributed by atoms with Gasteiger partial charge in [0.25, 0.3) is 5.56 Å². The molecular formula is C31H30F3N7O2. The second-order valence-corrected chi connectivity index (χ2v) is 10.5. The SMILES string of the molecule is COc1ccc2[nH]c(=O)c(C(c3nnnn3C(C)c3ccccc3)N3CCN(c4cccc(C(F)(F)F)c4)CC3)cc2c1. The van der Waals surface area contributed by atoms with Gasteiger partial charge in [-0.25, -0.2) is 4.68 Å². The van der Waals surface area contributed by atoms with Crippen LogP contribution in [0.25, 0.3) is 10.9 Å². The summed E-state index contributed by atoms with van der Waals surface area (Å²) in [5.74, 6) is 1.15. The quantitative estimate of drug-likeness (QED) is 0.284. The smallest absolute Gasteiger partial charge is 0.416 e. The summed E-state index contributed by atoms with van der Waals surface area (Å²) in [6.07, 6.45) is -4.42. The Labute approximate surface area is 245 Å². The van der Waals surface area contributed by atoms with Gasteiger partial charge in [-0.15, -0.1) is 5.10 Å². The van der Waals surface area contributed by atoms with E-state index in [-0.39, 0.29) is 11.6 Å². The molecule has 0 aliphatic carbocycles. The Morgan fingerprint density at radius 2 is 1.70 bits per heavy atom. The third-order valence-corrected chi connectivity index (χ3v) is 8.00. The van der Waals surface area contributed by atoms with E-state index >= 15 is 0 Å². The van der Waals surface area contributed by atoms with Gasteiger partial charge in [0.2, 0.25) is 0 Å². The monoisotopic (exact) mass is 589 g/mol. The van der Waals surface area contributed by atoms with Crippen LogP contribution < -0.4 is 15.2 Å². The topological polar surface area (TPSA) is 92.2 Å². The Kier molecular flexibility index (Phi) is 7.61. The molecule has 3 heterocycles. The summed E-state index contributed by atoms with van der Waals surface area (Å²) in [6, 6.07) is 21.6. The van der Waals surface area contributed by atoms with Crippen molar-refractivity contribution in [2.24, 2.45) is 0 Å². The number of methoxy groups -OCH3 is 1. The lowest BCUT2D eigenvalue weighted by molar-refractivity contribution is -0.137. The number of halogens is 3. The summed E-state index contributed by atoms with van der Waals surface area (Å²) in [5, 5.41) is 13.6. The van der Waals surface area contributed by atoms with Crippen LogP contribution in [0.4, 0.5) is 18.9 Å². The fourth-order valence-corrected chi connectivity index (χ4v) is 5.68. The first-order valence-corrected chi connectivity index (χ1v) is 13.9. The zero-order chi connectivity index (χ0) is 30.1. The van der Waals surface area contributed by atoms with Crippen molar-refractivity contribution in [3.63, 3.8) is 0 Å². The molecule has 0 bridgehead atoms. The minimum absolute atomic E-state index is 0.222. The number of pyridine rings is 1. The average Bonchev–Trinajstić information content (AvgIpc) is 3.50. The normalized spacial score (nSPS) is 15.9. The van der Waals surface area contributed by atoms with E-state index < -0.39 is 17.8 Å². The summed E-state index contributed by atoms with van der Waals surface area (Å²) >= 11 is 0. The summed E-state index contributed by atoms with van der Waals surface area (Å²) in [5.41, 5.74) is 1.68. The van der Waals surface area contributed by atoms with Gasteiger partial charge in [0.1, 0.15) is 11.8 Å². The van der Waals surface area contributed by atoms with Crippen molar-refractivity contribution < 1.29 is 17.9 Å². The second kappa shape index (κ2) is 11.5. The maximum atomic E-state index is 13.6. The minimum atomic E-state index is -4.42. The Morgan fingerprint density at radius 1 is 0.930 bits per heavy atom. The maximum Gasteiger partial charge on any atom is 0.416 e. The van der Waals surface area contributed by atoms with Crippen molar-refractivity contribution in [3.05, 3.63) is 112 Å². The predicted octanol–water partition coefficient (Wildman–Crippen LogP) is 5.06. The first-order chi connectivity index (χ1) is 20.7. The van der Waals surface area contributed by atoms with Crippen molar-refractivity contribution in [1.29, 1.82) is 0 Å². The molecule has 1 aliphatic heterocycles. The van der Waals surface area contributed by atoms with Gasteiger partial charge in [0.15, 0.2) is 5.82 Å². The molecule has 0 radical (unpaired) electrons. The number of benzene rings is 3. The van der Waals surface area contributed by atoms with Gasteiger partial charge in [-0.1, -0.05) is 36.4 Å². The van der Waals surface area contributed by atoms with Crippen molar-refractivity contribution >= 4 is 16.6 Å². The maximum absolute atomic E-state index is 13.6.